The van der Waals surface area contributed by atoms with Gasteiger partial charge >= 0.3 is 0 Å². The summed E-state index contributed by atoms with van der Waals surface area (Å²) in [6, 6.07) is 0. The van der Waals surface area contributed by atoms with E-state index >= 15 is 0 Å². The van der Waals surface area contributed by atoms with Gasteiger partial charge in [0.25, 0.3) is 0 Å². The normalized spacial score (nSPS) is 14.4. The molecule has 0 aliphatic carbocycles. The first kappa shape index (κ1) is 11.4. The van der Waals surface area contributed by atoms with Gasteiger partial charge in [0, 0.05) is 5.92 Å². The zero-order chi connectivity index (χ0) is 9.40. The number of carbonyl (C=O) groups is 1. The highest BCUT2D eigenvalue weighted by Gasteiger charge is 1.96. The summed E-state index contributed by atoms with van der Waals surface area (Å²) in [6.45, 7) is 6.32. The van der Waals surface area contributed by atoms with E-state index in [9.17, 15) is 4.79 Å². The van der Waals surface area contributed by atoms with E-state index in [-0.39, 0.29) is 5.92 Å². The predicted molar refractivity (Wildman–Crippen MR) is 53.1 cm³/mol. The zero-order valence-corrected chi connectivity index (χ0v) is 8.47. The van der Waals surface area contributed by atoms with Crippen molar-refractivity contribution in [3.8, 4) is 0 Å². The summed E-state index contributed by atoms with van der Waals surface area (Å²) < 4.78 is 0. The number of hydrogen-bond donors (Lipinski definition) is 0. The van der Waals surface area contributed by atoms with Crippen LogP contribution in [0.2, 0.25) is 0 Å². The van der Waals surface area contributed by atoms with Crippen LogP contribution in [-0.2, 0) is 4.79 Å². The lowest BCUT2D eigenvalue weighted by molar-refractivity contribution is -0.110. The molecule has 0 spiro atoms. The molecular weight excluding hydrogens is 148 g/mol. The fourth-order valence-electron chi connectivity index (χ4n) is 1.16. The third-order valence-electron chi connectivity index (χ3n) is 1.99. The first-order chi connectivity index (χ1) is 5.70. The Kier molecular flexibility index (Phi) is 6.73. The van der Waals surface area contributed by atoms with Gasteiger partial charge in [0.05, 0.1) is 0 Å². The number of carbonyl (C=O) groups excluding carboxylic acids is 1. The molecule has 0 N–H and O–H groups in total. The van der Waals surface area contributed by atoms with Gasteiger partial charge in [-0.15, -0.1) is 0 Å². The SMILES string of the molecule is CCC/C(C)=C/CCC(C)C=O. The Morgan fingerprint density at radius 3 is 2.67 bits per heavy atom. The summed E-state index contributed by atoms with van der Waals surface area (Å²) in [5, 5.41) is 0. The minimum atomic E-state index is 0.218. The maximum Gasteiger partial charge on any atom is 0.122 e. The average molecular weight is 168 g/mol. The van der Waals surface area contributed by atoms with E-state index in [0.717, 1.165) is 19.1 Å². The number of hydrogen-bond acceptors (Lipinski definition) is 1. The Morgan fingerprint density at radius 2 is 2.17 bits per heavy atom. The lowest BCUT2D eigenvalue weighted by Crippen LogP contribution is -1.93. The van der Waals surface area contributed by atoms with Gasteiger partial charge in [0.1, 0.15) is 6.29 Å². The van der Waals surface area contributed by atoms with Gasteiger partial charge in [0.2, 0.25) is 0 Å². The van der Waals surface area contributed by atoms with Gasteiger partial charge in [-0.1, -0.05) is 31.9 Å². The molecule has 0 heterocycles. The van der Waals surface area contributed by atoms with Crippen LogP contribution >= 0.6 is 0 Å². The molecule has 0 saturated heterocycles. The molecule has 70 valence electrons. The molecule has 0 aromatic rings. The molecule has 0 aliphatic rings. The van der Waals surface area contributed by atoms with Crippen LogP contribution in [0.25, 0.3) is 0 Å². The minimum Gasteiger partial charge on any atom is -0.303 e. The summed E-state index contributed by atoms with van der Waals surface area (Å²) in [6.07, 6.45) is 7.73. The van der Waals surface area contributed by atoms with Crippen LogP contribution in [0.1, 0.15) is 46.5 Å². The van der Waals surface area contributed by atoms with Gasteiger partial charge in [-0.3, -0.25) is 0 Å². The molecule has 12 heavy (non-hydrogen) atoms. The standard InChI is InChI=1S/C11H20O/c1-4-6-10(2)7-5-8-11(3)9-12/h7,9,11H,4-6,8H2,1-3H3/b10-7+. The smallest absolute Gasteiger partial charge is 0.122 e. The second-order valence-corrected chi connectivity index (χ2v) is 3.49. The van der Waals surface area contributed by atoms with Crippen LogP contribution in [0.5, 0.6) is 0 Å². The quantitative estimate of drug-likeness (QED) is 0.439. The highest BCUT2D eigenvalue weighted by molar-refractivity contribution is 5.52. The monoisotopic (exact) mass is 168 g/mol. The molecule has 0 aliphatic heterocycles. The van der Waals surface area contributed by atoms with Crippen LogP contribution < -0.4 is 0 Å². The molecule has 1 nitrogen and oxygen atoms in total. The Labute approximate surface area is 75.9 Å². The first-order valence-electron chi connectivity index (χ1n) is 4.81. The maximum absolute atomic E-state index is 10.3. The Balaban J connectivity index is 3.51. The summed E-state index contributed by atoms with van der Waals surface area (Å²) in [5.41, 5.74) is 1.45. The van der Waals surface area contributed by atoms with Crippen LogP contribution in [0, 0.1) is 5.92 Å². The lowest BCUT2D eigenvalue weighted by Gasteiger charge is -2.00. The summed E-state index contributed by atoms with van der Waals surface area (Å²) in [4.78, 5) is 10.3. The number of rotatable bonds is 6. The third-order valence-corrected chi connectivity index (χ3v) is 1.99. The summed E-state index contributed by atoms with van der Waals surface area (Å²) >= 11 is 0. The van der Waals surface area contributed by atoms with Gasteiger partial charge in [-0.05, 0) is 26.2 Å². The molecule has 0 radical (unpaired) electrons. The van der Waals surface area contributed by atoms with Crippen LogP contribution in [0.15, 0.2) is 11.6 Å². The van der Waals surface area contributed by atoms with E-state index in [4.69, 9.17) is 0 Å². The highest BCUT2D eigenvalue weighted by atomic mass is 16.1. The van der Waals surface area contributed by atoms with Crippen molar-refractivity contribution in [3.63, 3.8) is 0 Å². The van der Waals surface area contributed by atoms with Crippen LogP contribution in [0.4, 0.5) is 0 Å². The molecule has 0 saturated carbocycles. The molecule has 0 rings (SSSR count). The van der Waals surface area contributed by atoms with Gasteiger partial charge in [-0.2, -0.15) is 0 Å². The third kappa shape index (κ3) is 6.14. The summed E-state index contributed by atoms with van der Waals surface area (Å²) in [5.74, 6) is 0.218. The van der Waals surface area contributed by atoms with E-state index < -0.39 is 0 Å². The Hall–Kier alpha value is -0.590. The fraction of sp³-hybridized carbons (Fsp3) is 0.727. The van der Waals surface area contributed by atoms with Gasteiger partial charge in [0.15, 0.2) is 0 Å². The maximum atomic E-state index is 10.3. The van der Waals surface area contributed by atoms with Crippen LogP contribution in [-0.4, -0.2) is 6.29 Å². The summed E-state index contributed by atoms with van der Waals surface area (Å²) in [7, 11) is 0. The van der Waals surface area contributed by atoms with Gasteiger partial charge in [-0.25, -0.2) is 0 Å². The minimum absolute atomic E-state index is 0.218. The van der Waals surface area contributed by atoms with Crippen molar-refractivity contribution in [2.75, 3.05) is 0 Å². The topological polar surface area (TPSA) is 17.1 Å². The fourth-order valence-corrected chi connectivity index (χ4v) is 1.16. The lowest BCUT2D eigenvalue weighted by atomic mass is 10.0. The van der Waals surface area contributed by atoms with Crippen molar-refractivity contribution in [2.24, 2.45) is 5.92 Å². The van der Waals surface area contributed by atoms with E-state index in [0.29, 0.717) is 0 Å². The number of aldehydes is 1. The second-order valence-electron chi connectivity index (χ2n) is 3.49. The number of allylic oxidation sites excluding steroid dienone is 2. The molecule has 1 unspecified atom stereocenters. The Bertz CT molecular complexity index is 147. The van der Waals surface area contributed by atoms with Crippen molar-refractivity contribution < 1.29 is 4.79 Å². The molecular formula is C11H20O. The molecule has 1 atom stereocenters. The van der Waals surface area contributed by atoms with E-state index in [1.165, 1.54) is 18.4 Å². The second kappa shape index (κ2) is 7.08. The Morgan fingerprint density at radius 1 is 1.50 bits per heavy atom. The van der Waals surface area contributed by atoms with Crippen molar-refractivity contribution in [3.05, 3.63) is 11.6 Å². The molecule has 0 fully saturated rings. The molecule has 1 heteroatoms. The predicted octanol–water partition coefficient (Wildman–Crippen LogP) is 3.35. The molecule has 0 aromatic heterocycles. The highest BCUT2D eigenvalue weighted by Crippen LogP contribution is 2.08. The van der Waals surface area contributed by atoms with Crippen molar-refractivity contribution >= 4 is 6.29 Å². The van der Waals surface area contributed by atoms with Crippen molar-refractivity contribution in [1.82, 2.24) is 0 Å². The van der Waals surface area contributed by atoms with E-state index in [1.54, 1.807) is 0 Å². The first-order valence-corrected chi connectivity index (χ1v) is 4.81. The van der Waals surface area contributed by atoms with Crippen LogP contribution in [0.3, 0.4) is 0 Å². The van der Waals surface area contributed by atoms with E-state index in [2.05, 4.69) is 19.9 Å². The van der Waals surface area contributed by atoms with E-state index in [1.807, 2.05) is 6.92 Å². The molecule has 0 amide bonds. The van der Waals surface area contributed by atoms with Crippen molar-refractivity contribution in [1.29, 1.82) is 0 Å². The zero-order valence-electron chi connectivity index (χ0n) is 8.47. The largest absolute Gasteiger partial charge is 0.303 e. The molecule has 0 bridgehead atoms. The molecule has 0 aromatic carbocycles. The average Bonchev–Trinajstić information content (AvgIpc) is 2.04. The van der Waals surface area contributed by atoms with Gasteiger partial charge < -0.3 is 4.79 Å². The van der Waals surface area contributed by atoms with Crippen molar-refractivity contribution in [2.45, 2.75) is 46.5 Å².